The number of carbonyl (C=O) groups excluding carboxylic acids is 2. The maximum Gasteiger partial charge on any atom is 0.342 e. The van der Waals surface area contributed by atoms with Crippen molar-refractivity contribution in [3.8, 4) is 44.9 Å². The first-order valence-electron chi connectivity index (χ1n) is 20.7. The summed E-state index contributed by atoms with van der Waals surface area (Å²) in [6.07, 6.45) is 2.00. The van der Waals surface area contributed by atoms with E-state index in [1.807, 2.05) is 4.93 Å². The number of nitrogens with zero attached hydrogens (tertiary/aromatic N) is 1. The van der Waals surface area contributed by atoms with E-state index in [4.69, 9.17) is 18.3 Å². The Kier molecular flexibility index (Phi) is 16.3. The van der Waals surface area contributed by atoms with Crippen molar-refractivity contribution >= 4 is 87.9 Å². The van der Waals surface area contributed by atoms with Gasteiger partial charge in [0.1, 0.15) is 57.1 Å². The molecule has 360 valence electrons. The molecule has 0 bridgehead atoms. The standard InChI is InChI=1S/C25H21F2NO5S.C24H19F2NO5S.CH3I/c1-4-32-25(29)23-19-13-18(17-7-5-6-8-20(17)27)21(28(2)34(3,30)31)14-22(19)33-24(23)15-9-11-16(26)12-10-15;1-3-31-24(28)22-18-12-17(16-6-4-5-7-19(16)26)20(27-33(2,29)30)13-21(18)32-23(22)14-8-10-15(25)11-9-14;1-2/h5-14H,4H2,1-3H3;4-13,27H,3H2,1-2H3;1H3. The van der Waals surface area contributed by atoms with Crippen molar-refractivity contribution in [2.24, 2.45) is 0 Å². The number of ether oxygens (including phenoxy) is 2. The highest BCUT2D eigenvalue weighted by atomic mass is 127. The quantitative estimate of drug-likeness (QED) is 0.0539. The van der Waals surface area contributed by atoms with E-state index in [-0.39, 0.29) is 80.7 Å². The molecule has 1 N–H and O–H groups in total. The number of alkyl halides is 1. The lowest BCUT2D eigenvalue weighted by Crippen LogP contribution is -2.25. The molecule has 0 aliphatic carbocycles. The van der Waals surface area contributed by atoms with Crippen LogP contribution >= 0.6 is 22.6 Å². The van der Waals surface area contributed by atoms with Crippen LogP contribution in [0.1, 0.15) is 34.6 Å². The minimum atomic E-state index is -3.72. The summed E-state index contributed by atoms with van der Waals surface area (Å²) in [4.78, 5) is 27.8. The highest BCUT2D eigenvalue weighted by molar-refractivity contribution is 14.1. The van der Waals surface area contributed by atoms with Crippen LogP contribution in [0.2, 0.25) is 0 Å². The molecule has 12 nitrogen and oxygen atoms in total. The number of anilines is 2. The van der Waals surface area contributed by atoms with E-state index in [0.717, 1.165) is 16.8 Å². The van der Waals surface area contributed by atoms with Gasteiger partial charge in [0.25, 0.3) is 0 Å². The Morgan fingerprint density at radius 2 is 1.00 bits per heavy atom. The highest BCUT2D eigenvalue weighted by Crippen LogP contribution is 2.43. The zero-order chi connectivity index (χ0) is 50.4. The molecular weight excluding hydrogens is 1060 g/mol. The van der Waals surface area contributed by atoms with Gasteiger partial charge in [-0.25, -0.2) is 44.0 Å². The van der Waals surface area contributed by atoms with E-state index in [1.54, 1.807) is 26.0 Å². The number of nitrogens with one attached hydrogen (secondary N) is 1. The van der Waals surface area contributed by atoms with Gasteiger partial charge in [-0.1, -0.05) is 59.0 Å². The number of carbonyl (C=O) groups is 2. The second kappa shape index (κ2) is 21.7. The number of benzene rings is 6. The molecule has 0 saturated heterocycles. The van der Waals surface area contributed by atoms with Crippen LogP contribution < -0.4 is 9.03 Å². The summed E-state index contributed by atoms with van der Waals surface area (Å²) in [5.74, 6) is -3.17. The Morgan fingerprint density at radius 1 is 0.594 bits per heavy atom. The van der Waals surface area contributed by atoms with Gasteiger partial charge in [-0.05, 0) is 91.6 Å². The van der Waals surface area contributed by atoms with Gasteiger partial charge in [0.2, 0.25) is 20.0 Å². The molecule has 0 amide bonds. The Labute approximate surface area is 409 Å². The first kappa shape index (κ1) is 51.7. The third kappa shape index (κ3) is 11.6. The Morgan fingerprint density at radius 3 is 1.41 bits per heavy atom. The number of esters is 2. The van der Waals surface area contributed by atoms with Crippen LogP contribution in [-0.2, 0) is 29.5 Å². The van der Waals surface area contributed by atoms with Crippen molar-refractivity contribution in [3.05, 3.63) is 156 Å². The fourth-order valence-electron chi connectivity index (χ4n) is 7.22. The second-order valence-corrected chi connectivity index (χ2v) is 18.7. The largest absolute Gasteiger partial charge is 0.462 e. The maximum atomic E-state index is 14.8. The number of rotatable bonds is 12. The van der Waals surface area contributed by atoms with Crippen LogP contribution in [0, 0.1) is 23.3 Å². The SMILES string of the molecule is CCOC(=O)c1c(-c2ccc(F)cc2)oc2cc(N(C)S(C)(=O)=O)c(-c3ccccc3F)cc12.CCOC(=O)c1c(-c2ccc(F)cc2)oc2cc(NS(C)(=O)=O)c(-c3ccccc3F)cc12.CI. The highest BCUT2D eigenvalue weighted by Gasteiger charge is 2.29. The molecule has 6 aromatic carbocycles. The summed E-state index contributed by atoms with van der Waals surface area (Å²) >= 11 is 2.15. The van der Waals surface area contributed by atoms with Crippen molar-refractivity contribution in [3.63, 3.8) is 0 Å². The van der Waals surface area contributed by atoms with E-state index in [0.29, 0.717) is 21.9 Å². The molecule has 2 heterocycles. The summed E-state index contributed by atoms with van der Waals surface area (Å²) < 4.78 is 131. The lowest BCUT2D eigenvalue weighted by Gasteiger charge is -2.21. The van der Waals surface area contributed by atoms with Crippen LogP contribution in [0.3, 0.4) is 0 Å². The molecule has 8 rings (SSSR count). The first-order chi connectivity index (χ1) is 32.8. The lowest BCUT2D eigenvalue weighted by atomic mass is 9.98. The van der Waals surface area contributed by atoms with E-state index in [1.165, 1.54) is 116 Å². The van der Waals surface area contributed by atoms with Crippen molar-refractivity contribution in [1.82, 2.24) is 0 Å². The number of sulfonamides is 2. The number of hydrogen-bond acceptors (Lipinski definition) is 10. The topological polar surface area (TPSA) is 162 Å². The van der Waals surface area contributed by atoms with Crippen molar-refractivity contribution in [2.75, 3.05) is 46.7 Å². The van der Waals surface area contributed by atoms with E-state index >= 15 is 0 Å². The molecule has 0 aliphatic rings. The van der Waals surface area contributed by atoms with Gasteiger partial charge in [0, 0.05) is 63.3 Å². The summed E-state index contributed by atoms with van der Waals surface area (Å²) in [5.41, 5.74) is 2.32. The number of furan rings is 2. The van der Waals surface area contributed by atoms with Gasteiger partial charge in [-0.2, -0.15) is 0 Å². The molecule has 0 atom stereocenters. The third-order valence-corrected chi connectivity index (χ3v) is 12.0. The molecule has 8 aromatic rings. The molecule has 0 aliphatic heterocycles. The van der Waals surface area contributed by atoms with Crippen molar-refractivity contribution < 1.29 is 62.3 Å². The van der Waals surface area contributed by atoms with Gasteiger partial charge in [-0.3, -0.25) is 9.03 Å². The molecule has 0 radical (unpaired) electrons. The summed E-state index contributed by atoms with van der Waals surface area (Å²) in [6, 6.07) is 28.3. The monoisotopic (exact) mass is 1100 g/mol. The molecule has 0 saturated carbocycles. The Hall–Kier alpha value is -6.71. The van der Waals surface area contributed by atoms with E-state index in [9.17, 15) is 44.0 Å². The average molecular weight is 1100 g/mol. The van der Waals surface area contributed by atoms with Gasteiger partial charge < -0.3 is 18.3 Å². The zero-order valence-corrected chi connectivity index (χ0v) is 41.5. The number of hydrogen-bond donors (Lipinski definition) is 1. The van der Waals surface area contributed by atoms with Crippen LogP contribution in [0.25, 0.3) is 66.8 Å². The second-order valence-electron chi connectivity index (χ2n) is 14.9. The molecule has 0 spiro atoms. The summed E-state index contributed by atoms with van der Waals surface area (Å²) in [7, 11) is -6.09. The van der Waals surface area contributed by atoms with Crippen molar-refractivity contribution in [2.45, 2.75) is 13.8 Å². The normalized spacial score (nSPS) is 11.3. The Bertz CT molecular complexity index is 3420. The minimum Gasteiger partial charge on any atom is -0.462 e. The molecule has 2 aromatic heterocycles. The summed E-state index contributed by atoms with van der Waals surface area (Å²) in [6.45, 7) is 3.50. The molecule has 0 fully saturated rings. The fraction of sp³-hybridized carbons (Fsp3) is 0.160. The van der Waals surface area contributed by atoms with Gasteiger partial charge in [-0.15, -0.1) is 0 Å². The smallest absolute Gasteiger partial charge is 0.342 e. The zero-order valence-electron chi connectivity index (χ0n) is 37.7. The first-order valence-corrected chi connectivity index (χ1v) is 26.6. The molecule has 0 unspecified atom stereocenters. The lowest BCUT2D eigenvalue weighted by molar-refractivity contribution is 0.0519. The third-order valence-electron chi connectivity index (χ3n) is 10.3. The molecule has 19 heteroatoms. The predicted molar refractivity (Wildman–Crippen MR) is 268 cm³/mol. The maximum absolute atomic E-state index is 14.8. The van der Waals surface area contributed by atoms with Crippen LogP contribution in [-0.4, -0.2) is 66.5 Å². The van der Waals surface area contributed by atoms with E-state index in [2.05, 4.69) is 27.3 Å². The van der Waals surface area contributed by atoms with Crippen molar-refractivity contribution in [1.29, 1.82) is 0 Å². The molecule has 69 heavy (non-hydrogen) atoms. The Balaban J connectivity index is 0.000000219. The molecular formula is C50H43F4IN2O10S2. The van der Waals surface area contributed by atoms with Crippen LogP contribution in [0.5, 0.6) is 0 Å². The number of halogens is 5. The van der Waals surface area contributed by atoms with Gasteiger partial charge >= 0.3 is 11.9 Å². The van der Waals surface area contributed by atoms with Crippen LogP contribution in [0.15, 0.2) is 130 Å². The van der Waals surface area contributed by atoms with E-state index < -0.39 is 55.3 Å². The average Bonchev–Trinajstić information content (AvgIpc) is 3.87. The predicted octanol–water partition coefficient (Wildman–Crippen LogP) is 12.3. The van der Waals surface area contributed by atoms with Crippen LogP contribution in [0.4, 0.5) is 28.9 Å². The van der Waals surface area contributed by atoms with Gasteiger partial charge in [0.05, 0.1) is 37.1 Å². The van der Waals surface area contributed by atoms with Gasteiger partial charge in [0.15, 0.2) is 0 Å². The summed E-state index contributed by atoms with van der Waals surface area (Å²) in [5, 5.41) is 0.603. The fourth-order valence-corrected chi connectivity index (χ4v) is 8.29. The number of fused-ring (bicyclic) bond motifs is 2. The minimum absolute atomic E-state index is 0.0713.